The molecule has 0 saturated carbocycles. The fraction of sp³-hybridized carbons (Fsp3) is 0.526. The highest BCUT2D eigenvalue weighted by molar-refractivity contribution is 5.20. The van der Waals surface area contributed by atoms with Crippen molar-refractivity contribution in [3.8, 4) is 0 Å². The average molecular weight is 327 g/mol. The van der Waals surface area contributed by atoms with Crippen molar-refractivity contribution in [2.75, 3.05) is 13.6 Å². The van der Waals surface area contributed by atoms with Crippen LogP contribution < -0.4 is 10.9 Å². The molecule has 1 aliphatic rings. The summed E-state index contributed by atoms with van der Waals surface area (Å²) >= 11 is 0. The molecule has 2 unspecified atom stereocenters. The van der Waals surface area contributed by atoms with E-state index in [1.54, 1.807) is 0 Å². The predicted molar refractivity (Wildman–Crippen MR) is 97.4 cm³/mol. The fourth-order valence-electron chi connectivity index (χ4n) is 3.33. The minimum absolute atomic E-state index is 0.400. The molecule has 1 aromatic carbocycles. The van der Waals surface area contributed by atoms with Crippen LogP contribution in [0.3, 0.4) is 0 Å². The van der Waals surface area contributed by atoms with Crippen LogP contribution in [-0.4, -0.2) is 34.5 Å². The topological polar surface area (TPSA) is 56.0 Å². The smallest absolute Gasteiger partial charge is 0.106 e. The molecule has 5 heteroatoms. The van der Waals surface area contributed by atoms with E-state index in [9.17, 15) is 0 Å². The van der Waals surface area contributed by atoms with Gasteiger partial charge in [0.15, 0.2) is 0 Å². The van der Waals surface area contributed by atoms with E-state index < -0.39 is 0 Å². The molecule has 24 heavy (non-hydrogen) atoms. The lowest BCUT2D eigenvalue weighted by molar-refractivity contribution is 0.286. The summed E-state index contributed by atoms with van der Waals surface area (Å²) < 4.78 is 0. The number of aromatic nitrogens is 2. The van der Waals surface area contributed by atoms with Crippen LogP contribution in [0.25, 0.3) is 0 Å². The zero-order valence-corrected chi connectivity index (χ0v) is 14.8. The predicted octanol–water partition coefficient (Wildman–Crippen LogP) is 2.79. The Morgan fingerprint density at radius 1 is 1.21 bits per heavy atom. The number of nitrogens with zero attached hydrogens (tertiary/aromatic N) is 2. The van der Waals surface area contributed by atoms with Gasteiger partial charge in [-0.25, -0.2) is 10.4 Å². The number of aromatic amines is 1. The fourth-order valence-corrected chi connectivity index (χ4v) is 3.33. The maximum atomic E-state index is 4.48. The zero-order chi connectivity index (χ0) is 16.8. The summed E-state index contributed by atoms with van der Waals surface area (Å²) in [6, 6.07) is 11.5. The van der Waals surface area contributed by atoms with Crippen LogP contribution in [0.15, 0.2) is 36.5 Å². The molecule has 0 radical (unpaired) electrons. The molecule has 2 atom stereocenters. The number of hydrogen-bond acceptors (Lipinski definition) is 4. The largest absolute Gasteiger partial charge is 0.345 e. The van der Waals surface area contributed by atoms with E-state index in [1.807, 2.05) is 6.20 Å². The van der Waals surface area contributed by atoms with Gasteiger partial charge in [0.05, 0.1) is 0 Å². The zero-order valence-electron chi connectivity index (χ0n) is 14.8. The Bertz CT molecular complexity index is 609. The number of likely N-dealkylation sites (N-methyl/N-ethyl adjacent to an activating group) is 1. The van der Waals surface area contributed by atoms with Crippen LogP contribution in [0.1, 0.15) is 49.3 Å². The van der Waals surface area contributed by atoms with Crippen molar-refractivity contribution in [2.45, 2.75) is 51.2 Å². The van der Waals surface area contributed by atoms with Gasteiger partial charge in [-0.15, -0.1) is 0 Å². The maximum absolute atomic E-state index is 4.48. The molecular weight excluding hydrogens is 298 g/mol. The van der Waals surface area contributed by atoms with Gasteiger partial charge in [-0.3, -0.25) is 10.3 Å². The highest BCUT2D eigenvalue weighted by atomic mass is 15.4. The molecule has 0 spiro atoms. The number of aryl methyl sites for hydroxylation is 1. The third-order valence-corrected chi connectivity index (χ3v) is 4.60. The van der Waals surface area contributed by atoms with E-state index in [-0.39, 0.29) is 0 Å². The number of unbranched alkanes of at least 4 members (excludes halogenated alkanes) is 1. The van der Waals surface area contributed by atoms with Crippen molar-refractivity contribution in [3.63, 3.8) is 0 Å². The molecule has 3 rings (SSSR count). The number of hydrazine groups is 1. The Balaban J connectivity index is 1.45. The molecule has 0 aliphatic carbocycles. The summed E-state index contributed by atoms with van der Waals surface area (Å²) in [5.41, 5.74) is 9.41. The number of nitrogens with one attached hydrogen (secondary N) is 3. The highest BCUT2D eigenvalue weighted by Crippen LogP contribution is 2.22. The van der Waals surface area contributed by atoms with Crippen LogP contribution in [0, 0.1) is 0 Å². The van der Waals surface area contributed by atoms with Crippen molar-refractivity contribution >= 4 is 0 Å². The van der Waals surface area contributed by atoms with Gasteiger partial charge in [-0.1, -0.05) is 43.7 Å². The molecule has 130 valence electrons. The summed E-state index contributed by atoms with van der Waals surface area (Å²) in [4.78, 5) is 10.3. The van der Waals surface area contributed by atoms with E-state index in [4.69, 9.17) is 0 Å². The molecule has 1 aliphatic heterocycles. The second kappa shape index (κ2) is 8.42. The van der Waals surface area contributed by atoms with Crippen LogP contribution in [0.4, 0.5) is 0 Å². The van der Waals surface area contributed by atoms with Crippen molar-refractivity contribution < 1.29 is 0 Å². The van der Waals surface area contributed by atoms with Gasteiger partial charge in [0, 0.05) is 43.5 Å². The molecular formula is C19H29N5. The van der Waals surface area contributed by atoms with Gasteiger partial charge in [-0.2, -0.15) is 0 Å². The minimum Gasteiger partial charge on any atom is -0.345 e. The Morgan fingerprint density at radius 3 is 2.83 bits per heavy atom. The molecule has 2 aromatic rings. The van der Waals surface area contributed by atoms with Crippen LogP contribution >= 0.6 is 0 Å². The monoisotopic (exact) mass is 327 g/mol. The van der Waals surface area contributed by atoms with Gasteiger partial charge in [0.25, 0.3) is 0 Å². The second-order valence-electron chi connectivity index (χ2n) is 6.84. The quantitative estimate of drug-likeness (QED) is 0.698. The van der Waals surface area contributed by atoms with Gasteiger partial charge >= 0.3 is 0 Å². The molecule has 1 saturated heterocycles. The van der Waals surface area contributed by atoms with Gasteiger partial charge in [-0.05, 0) is 25.5 Å². The Hall–Kier alpha value is -1.69. The lowest BCUT2D eigenvalue weighted by atomic mass is 10.0. The molecule has 2 heterocycles. The van der Waals surface area contributed by atoms with E-state index in [2.05, 4.69) is 70.0 Å². The molecule has 0 amide bonds. The standard InChI is InChI=1S/C19H29N5/c1-3-4-10-19-20-12-17(21-19)14-24(2)13-16-11-18(23-22-16)15-8-6-5-7-9-15/h5-9,12,16,18,22-23H,3-4,10-11,13-14H2,1-2H3,(H,20,21). The van der Waals surface area contributed by atoms with Crippen molar-refractivity contribution in [3.05, 3.63) is 53.6 Å². The van der Waals surface area contributed by atoms with E-state index >= 15 is 0 Å². The third-order valence-electron chi connectivity index (χ3n) is 4.60. The van der Waals surface area contributed by atoms with Crippen molar-refractivity contribution in [1.29, 1.82) is 0 Å². The summed E-state index contributed by atoms with van der Waals surface area (Å²) in [5.74, 6) is 1.12. The van der Waals surface area contributed by atoms with E-state index in [0.717, 1.165) is 31.8 Å². The Labute approximate surface area is 144 Å². The summed E-state index contributed by atoms with van der Waals surface area (Å²) in [7, 11) is 2.17. The van der Waals surface area contributed by atoms with Crippen LogP contribution in [-0.2, 0) is 13.0 Å². The van der Waals surface area contributed by atoms with Gasteiger partial charge in [0.1, 0.15) is 5.82 Å². The van der Waals surface area contributed by atoms with Gasteiger partial charge < -0.3 is 4.98 Å². The molecule has 5 nitrogen and oxygen atoms in total. The lowest BCUT2D eigenvalue weighted by Crippen LogP contribution is -2.38. The first-order valence-corrected chi connectivity index (χ1v) is 9.02. The first-order chi connectivity index (χ1) is 11.7. The maximum Gasteiger partial charge on any atom is 0.106 e. The number of benzene rings is 1. The van der Waals surface area contributed by atoms with Crippen molar-refractivity contribution in [2.24, 2.45) is 0 Å². The number of hydrogen-bond donors (Lipinski definition) is 3. The molecule has 0 bridgehead atoms. The summed E-state index contributed by atoms with van der Waals surface area (Å²) in [6.07, 6.45) is 6.54. The second-order valence-corrected chi connectivity index (χ2v) is 6.84. The van der Waals surface area contributed by atoms with E-state index in [1.165, 1.54) is 24.1 Å². The minimum atomic E-state index is 0.400. The number of rotatable bonds is 8. The number of imidazole rings is 1. The lowest BCUT2D eigenvalue weighted by Gasteiger charge is -2.19. The van der Waals surface area contributed by atoms with E-state index in [0.29, 0.717) is 12.1 Å². The first-order valence-electron chi connectivity index (χ1n) is 9.02. The average Bonchev–Trinajstić information content (AvgIpc) is 3.23. The first kappa shape index (κ1) is 17.1. The summed E-state index contributed by atoms with van der Waals surface area (Å²) in [6.45, 7) is 4.13. The Morgan fingerprint density at radius 2 is 2.04 bits per heavy atom. The normalized spacial score (nSPS) is 20.8. The third kappa shape index (κ3) is 4.66. The SMILES string of the molecule is CCCCc1ncc(CN(C)CC2CC(c3ccccc3)NN2)[nH]1. The van der Waals surface area contributed by atoms with Crippen LogP contribution in [0.5, 0.6) is 0 Å². The van der Waals surface area contributed by atoms with Crippen LogP contribution in [0.2, 0.25) is 0 Å². The molecule has 1 fully saturated rings. The summed E-state index contributed by atoms with van der Waals surface area (Å²) in [5, 5.41) is 0. The molecule has 1 aromatic heterocycles. The van der Waals surface area contributed by atoms with Crippen molar-refractivity contribution in [1.82, 2.24) is 25.7 Å². The Kier molecular flexibility index (Phi) is 6.01. The molecule has 3 N–H and O–H groups in total. The highest BCUT2D eigenvalue weighted by Gasteiger charge is 2.25. The van der Waals surface area contributed by atoms with Gasteiger partial charge in [0.2, 0.25) is 0 Å². The number of H-pyrrole nitrogens is 1.